The van der Waals surface area contributed by atoms with E-state index in [9.17, 15) is 27.6 Å². The second-order valence-electron chi connectivity index (χ2n) is 2.56. The predicted molar refractivity (Wildman–Crippen MR) is 35.8 cm³/mol. The van der Waals surface area contributed by atoms with Crippen LogP contribution in [0.4, 0.5) is 13.2 Å². The van der Waals surface area contributed by atoms with Gasteiger partial charge in [-0.05, 0) is 0 Å². The van der Waals surface area contributed by atoms with Gasteiger partial charge in [0.05, 0.1) is 6.54 Å². The predicted octanol–water partition coefficient (Wildman–Crippen LogP) is -0.966. The van der Waals surface area contributed by atoms with Crippen LogP contribution in [0.3, 0.4) is 0 Å². The molecule has 1 rings (SSSR count). The highest BCUT2D eigenvalue weighted by Gasteiger charge is 2.46. The van der Waals surface area contributed by atoms with Crippen LogP contribution in [0.1, 0.15) is 0 Å². The van der Waals surface area contributed by atoms with Crippen LogP contribution in [-0.4, -0.2) is 41.9 Å². The number of amides is 3. The van der Waals surface area contributed by atoms with Gasteiger partial charge in [0.2, 0.25) is 11.8 Å². The zero-order valence-electron chi connectivity index (χ0n) is 6.72. The Morgan fingerprint density at radius 1 is 1.36 bits per heavy atom. The molecule has 1 aliphatic rings. The molecule has 3 amide bonds. The third-order valence-corrected chi connectivity index (χ3v) is 1.53. The van der Waals surface area contributed by atoms with Crippen molar-refractivity contribution in [1.82, 2.24) is 10.2 Å². The first-order valence-electron chi connectivity index (χ1n) is 3.50. The molecule has 1 aliphatic heterocycles. The van der Waals surface area contributed by atoms with Crippen LogP contribution in [0, 0.1) is 0 Å². The Hall–Kier alpha value is -1.60. The summed E-state index contributed by atoms with van der Waals surface area (Å²) < 4.78 is 35.6. The van der Waals surface area contributed by atoms with Crippen molar-refractivity contribution in [3.8, 4) is 0 Å². The summed E-state index contributed by atoms with van der Waals surface area (Å²) in [6.07, 6.45) is -5.13. The molecule has 0 aromatic carbocycles. The van der Waals surface area contributed by atoms with Crippen molar-refractivity contribution in [2.45, 2.75) is 6.18 Å². The highest BCUT2D eigenvalue weighted by Crippen LogP contribution is 2.18. The molecule has 8 heteroatoms. The van der Waals surface area contributed by atoms with Crippen LogP contribution in [0.25, 0.3) is 0 Å². The minimum absolute atomic E-state index is 0.112. The van der Waals surface area contributed by atoms with E-state index in [1.54, 1.807) is 0 Å². The Morgan fingerprint density at radius 3 is 2.43 bits per heavy atom. The van der Waals surface area contributed by atoms with Crippen molar-refractivity contribution < 1.29 is 27.6 Å². The van der Waals surface area contributed by atoms with Crippen LogP contribution in [0.2, 0.25) is 0 Å². The van der Waals surface area contributed by atoms with Gasteiger partial charge in [0.1, 0.15) is 6.54 Å². The molecule has 1 N–H and O–H groups in total. The number of carbonyl (C=O) groups excluding carboxylic acids is 3. The van der Waals surface area contributed by atoms with E-state index in [2.05, 4.69) is 0 Å². The van der Waals surface area contributed by atoms with Gasteiger partial charge in [0.15, 0.2) is 0 Å². The normalized spacial score (nSPS) is 18.1. The molecule has 1 saturated heterocycles. The monoisotopic (exact) mass is 210 g/mol. The highest BCUT2D eigenvalue weighted by molar-refractivity contribution is 6.04. The average molecular weight is 210 g/mol. The third-order valence-electron chi connectivity index (χ3n) is 1.53. The molecule has 0 unspecified atom stereocenters. The molecule has 5 nitrogen and oxygen atoms in total. The molecular formula is C6H5F3N2O3. The first-order valence-corrected chi connectivity index (χ1v) is 3.50. The maximum atomic E-state index is 11.9. The molecule has 0 bridgehead atoms. The Morgan fingerprint density at radius 2 is 1.93 bits per heavy atom. The van der Waals surface area contributed by atoms with Crippen LogP contribution in [-0.2, 0) is 14.4 Å². The Kier molecular flexibility index (Phi) is 2.45. The molecule has 0 aliphatic carbocycles. The van der Waals surface area contributed by atoms with E-state index in [-0.39, 0.29) is 4.90 Å². The molecule has 0 aromatic rings. The molecule has 0 aromatic heterocycles. The maximum absolute atomic E-state index is 11.9. The van der Waals surface area contributed by atoms with Gasteiger partial charge in [0.25, 0.3) is 0 Å². The second kappa shape index (κ2) is 3.28. The lowest BCUT2D eigenvalue weighted by Gasteiger charge is -2.25. The van der Waals surface area contributed by atoms with Gasteiger partial charge in [-0.1, -0.05) is 0 Å². The fourth-order valence-electron chi connectivity index (χ4n) is 0.895. The van der Waals surface area contributed by atoms with Crippen molar-refractivity contribution in [2.75, 3.05) is 13.1 Å². The molecule has 0 atom stereocenters. The molecule has 0 spiro atoms. The maximum Gasteiger partial charge on any atom is 0.471 e. The van der Waals surface area contributed by atoms with Gasteiger partial charge >= 0.3 is 12.1 Å². The van der Waals surface area contributed by atoms with Gasteiger partial charge in [-0.15, -0.1) is 0 Å². The van der Waals surface area contributed by atoms with Crippen LogP contribution < -0.4 is 5.32 Å². The molecule has 14 heavy (non-hydrogen) atoms. The zero-order chi connectivity index (χ0) is 10.9. The quantitative estimate of drug-likeness (QED) is 0.559. The lowest BCUT2D eigenvalue weighted by Crippen LogP contribution is -2.56. The first-order chi connectivity index (χ1) is 6.32. The molecule has 1 heterocycles. The Bertz CT molecular complexity index is 299. The molecule has 78 valence electrons. The number of rotatable bonds is 0. The SMILES string of the molecule is O=C1CN(C(=O)C(F)(F)F)C(=O)CN1. The van der Waals surface area contributed by atoms with E-state index >= 15 is 0 Å². The Labute approximate surface area is 75.8 Å². The number of nitrogens with zero attached hydrogens (tertiary/aromatic N) is 1. The lowest BCUT2D eigenvalue weighted by molar-refractivity contribution is -0.188. The fraction of sp³-hybridized carbons (Fsp3) is 0.500. The number of nitrogens with one attached hydrogen (secondary N) is 1. The van der Waals surface area contributed by atoms with Gasteiger partial charge < -0.3 is 5.32 Å². The summed E-state index contributed by atoms with van der Waals surface area (Å²) >= 11 is 0. The van der Waals surface area contributed by atoms with E-state index in [1.165, 1.54) is 0 Å². The van der Waals surface area contributed by atoms with Crippen LogP contribution in [0.15, 0.2) is 0 Å². The standard InChI is InChI=1S/C6H5F3N2O3/c7-6(8,9)5(14)11-2-3(12)10-1-4(11)13/h1-2H2,(H,10,12). The summed E-state index contributed by atoms with van der Waals surface area (Å²) in [5.41, 5.74) is 0. The van der Waals surface area contributed by atoms with Crippen LogP contribution >= 0.6 is 0 Å². The number of carbonyl (C=O) groups is 3. The Balaban J connectivity index is 2.80. The summed E-state index contributed by atoms with van der Waals surface area (Å²) in [6.45, 7) is -1.46. The summed E-state index contributed by atoms with van der Waals surface area (Å²) in [5.74, 6) is -4.16. The lowest BCUT2D eigenvalue weighted by atomic mass is 10.3. The number of halogens is 3. The highest BCUT2D eigenvalue weighted by atomic mass is 19.4. The largest absolute Gasteiger partial charge is 0.471 e. The van der Waals surface area contributed by atoms with Crippen molar-refractivity contribution in [1.29, 1.82) is 0 Å². The van der Waals surface area contributed by atoms with Crippen molar-refractivity contribution in [3.05, 3.63) is 0 Å². The smallest absolute Gasteiger partial charge is 0.345 e. The van der Waals surface area contributed by atoms with Crippen molar-refractivity contribution in [3.63, 3.8) is 0 Å². The second-order valence-corrected chi connectivity index (χ2v) is 2.56. The van der Waals surface area contributed by atoms with Gasteiger partial charge in [0, 0.05) is 0 Å². The molecule has 1 fully saturated rings. The number of imide groups is 1. The van der Waals surface area contributed by atoms with Crippen LogP contribution in [0.5, 0.6) is 0 Å². The molecule has 0 saturated carbocycles. The van der Waals surface area contributed by atoms with Crippen molar-refractivity contribution >= 4 is 17.7 Å². The van der Waals surface area contributed by atoms with Crippen molar-refractivity contribution in [2.24, 2.45) is 0 Å². The number of hydrogen-bond donors (Lipinski definition) is 1. The number of alkyl halides is 3. The van der Waals surface area contributed by atoms with E-state index < -0.39 is 37.0 Å². The molecule has 0 radical (unpaired) electrons. The summed E-state index contributed by atoms with van der Waals surface area (Å²) in [6, 6.07) is 0. The first kappa shape index (κ1) is 10.5. The fourth-order valence-corrected chi connectivity index (χ4v) is 0.895. The molecular weight excluding hydrogens is 205 g/mol. The minimum atomic E-state index is -5.13. The summed E-state index contributed by atoms with van der Waals surface area (Å²) in [7, 11) is 0. The van der Waals surface area contributed by atoms with Gasteiger partial charge in [-0.3, -0.25) is 19.3 Å². The van der Waals surface area contributed by atoms with E-state index in [0.717, 1.165) is 0 Å². The topological polar surface area (TPSA) is 66.5 Å². The zero-order valence-corrected chi connectivity index (χ0v) is 6.72. The van der Waals surface area contributed by atoms with E-state index in [4.69, 9.17) is 0 Å². The van der Waals surface area contributed by atoms with Gasteiger partial charge in [-0.25, -0.2) is 0 Å². The average Bonchev–Trinajstić information content (AvgIpc) is 2.06. The summed E-state index contributed by atoms with van der Waals surface area (Å²) in [5, 5.41) is 2.02. The minimum Gasteiger partial charge on any atom is -0.345 e. The number of hydrogen-bond acceptors (Lipinski definition) is 3. The summed E-state index contributed by atoms with van der Waals surface area (Å²) in [4.78, 5) is 31.9. The van der Waals surface area contributed by atoms with E-state index in [0.29, 0.717) is 0 Å². The van der Waals surface area contributed by atoms with E-state index in [1.807, 2.05) is 5.32 Å². The third kappa shape index (κ3) is 2.01. The number of piperazine rings is 1. The van der Waals surface area contributed by atoms with Gasteiger partial charge in [-0.2, -0.15) is 13.2 Å².